The van der Waals surface area contributed by atoms with E-state index in [-0.39, 0.29) is 5.91 Å². The van der Waals surface area contributed by atoms with Crippen molar-refractivity contribution in [3.05, 3.63) is 47.1 Å². The fourth-order valence-corrected chi connectivity index (χ4v) is 2.32. The number of anilines is 1. The number of hydrogen-bond donors (Lipinski definition) is 1. The summed E-state index contributed by atoms with van der Waals surface area (Å²) in [6.45, 7) is 5.02. The number of rotatable bonds is 6. The van der Waals surface area contributed by atoms with Crippen LogP contribution in [0.4, 0.5) is 5.82 Å². The van der Waals surface area contributed by atoms with E-state index in [4.69, 9.17) is 11.6 Å². The van der Waals surface area contributed by atoms with Crippen molar-refractivity contribution in [1.29, 1.82) is 0 Å². The number of amides is 1. The first-order valence-corrected chi connectivity index (χ1v) is 7.49. The van der Waals surface area contributed by atoms with Gasteiger partial charge in [-0.3, -0.25) is 4.79 Å². The third-order valence-corrected chi connectivity index (χ3v) is 3.47. The average Bonchev–Trinajstić information content (AvgIpc) is 2.84. The number of nitrogens with zero attached hydrogens (tertiary/aromatic N) is 2. The number of aromatic nitrogens is 2. The standard InChI is InChI=1S/C16H20ClN3O/c1-12(2)11-20-15(9-10-18-20)19-16(21)8-7-13-5-3-4-6-14(13)17/h3-6,9-10,12H,7-8,11H2,1-2H3,(H,19,21). The van der Waals surface area contributed by atoms with Crippen LogP contribution in [0, 0.1) is 5.92 Å². The lowest BCUT2D eigenvalue weighted by atomic mass is 10.1. The van der Waals surface area contributed by atoms with Crippen LogP contribution in [0.15, 0.2) is 36.5 Å². The molecule has 0 radical (unpaired) electrons. The van der Waals surface area contributed by atoms with Crippen LogP contribution in [0.25, 0.3) is 0 Å². The van der Waals surface area contributed by atoms with Gasteiger partial charge in [0.25, 0.3) is 0 Å². The van der Waals surface area contributed by atoms with Gasteiger partial charge in [-0.25, -0.2) is 4.68 Å². The Kier molecular flexibility index (Phi) is 5.39. The van der Waals surface area contributed by atoms with E-state index in [1.54, 1.807) is 6.20 Å². The molecule has 0 aliphatic rings. The minimum absolute atomic E-state index is 0.0274. The number of halogens is 1. The predicted molar refractivity (Wildman–Crippen MR) is 85.5 cm³/mol. The van der Waals surface area contributed by atoms with Gasteiger partial charge in [-0.1, -0.05) is 43.6 Å². The predicted octanol–water partition coefficient (Wildman–Crippen LogP) is 3.76. The van der Waals surface area contributed by atoms with Crippen molar-refractivity contribution in [2.45, 2.75) is 33.2 Å². The first kappa shape index (κ1) is 15.6. The fourth-order valence-electron chi connectivity index (χ4n) is 2.08. The van der Waals surface area contributed by atoms with Crippen molar-refractivity contribution in [3.8, 4) is 0 Å². The van der Waals surface area contributed by atoms with E-state index in [0.29, 0.717) is 23.8 Å². The van der Waals surface area contributed by atoms with Crippen molar-refractivity contribution in [2.75, 3.05) is 5.32 Å². The van der Waals surface area contributed by atoms with Gasteiger partial charge in [-0.2, -0.15) is 5.10 Å². The molecule has 0 aliphatic carbocycles. The van der Waals surface area contributed by atoms with Gasteiger partial charge in [0, 0.05) is 24.1 Å². The SMILES string of the molecule is CC(C)Cn1nccc1NC(=O)CCc1ccccc1Cl. The molecule has 1 aromatic carbocycles. The quantitative estimate of drug-likeness (QED) is 0.883. The first-order valence-electron chi connectivity index (χ1n) is 7.11. The molecule has 2 aromatic rings. The highest BCUT2D eigenvalue weighted by Gasteiger charge is 2.09. The summed E-state index contributed by atoms with van der Waals surface area (Å²) in [4.78, 5) is 12.0. The molecule has 2 rings (SSSR count). The zero-order chi connectivity index (χ0) is 15.2. The average molecular weight is 306 g/mol. The highest BCUT2D eigenvalue weighted by atomic mass is 35.5. The van der Waals surface area contributed by atoms with Crippen LogP contribution >= 0.6 is 11.6 Å². The summed E-state index contributed by atoms with van der Waals surface area (Å²) in [7, 11) is 0. The van der Waals surface area contributed by atoms with Crippen LogP contribution in [-0.4, -0.2) is 15.7 Å². The van der Waals surface area contributed by atoms with Crippen molar-refractivity contribution in [2.24, 2.45) is 5.92 Å². The van der Waals surface area contributed by atoms with Gasteiger partial charge in [0.2, 0.25) is 5.91 Å². The zero-order valence-electron chi connectivity index (χ0n) is 12.3. The summed E-state index contributed by atoms with van der Waals surface area (Å²) < 4.78 is 1.82. The molecule has 0 unspecified atom stereocenters. The van der Waals surface area contributed by atoms with E-state index in [1.165, 1.54) is 0 Å². The van der Waals surface area contributed by atoms with Crippen LogP contribution in [-0.2, 0) is 17.8 Å². The van der Waals surface area contributed by atoms with Crippen molar-refractivity contribution in [3.63, 3.8) is 0 Å². The van der Waals surface area contributed by atoms with Gasteiger partial charge in [-0.15, -0.1) is 0 Å². The molecular weight excluding hydrogens is 286 g/mol. The highest BCUT2D eigenvalue weighted by Crippen LogP contribution is 2.17. The van der Waals surface area contributed by atoms with Gasteiger partial charge < -0.3 is 5.32 Å². The minimum Gasteiger partial charge on any atom is -0.311 e. The zero-order valence-corrected chi connectivity index (χ0v) is 13.1. The molecule has 112 valence electrons. The number of carbonyl (C=O) groups is 1. The Bertz CT molecular complexity index is 607. The molecule has 4 nitrogen and oxygen atoms in total. The minimum atomic E-state index is -0.0274. The van der Waals surface area contributed by atoms with Crippen molar-refractivity contribution < 1.29 is 4.79 Å². The van der Waals surface area contributed by atoms with Crippen LogP contribution in [0.5, 0.6) is 0 Å². The molecule has 0 atom stereocenters. The highest BCUT2D eigenvalue weighted by molar-refractivity contribution is 6.31. The Labute approximate surface area is 130 Å². The van der Waals surface area contributed by atoms with E-state index in [1.807, 2.05) is 35.0 Å². The molecule has 1 heterocycles. The van der Waals surface area contributed by atoms with Crippen LogP contribution < -0.4 is 5.32 Å². The smallest absolute Gasteiger partial charge is 0.225 e. The number of carbonyl (C=O) groups excluding carboxylic acids is 1. The molecule has 1 amide bonds. The third-order valence-electron chi connectivity index (χ3n) is 3.10. The van der Waals surface area contributed by atoms with E-state index >= 15 is 0 Å². The first-order chi connectivity index (χ1) is 10.1. The molecule has 0 aliphatic heterocycles. The summed E-state index contributed by atoms with van der Waals surface area (Å²) in [5.74, 6) is 1.19. The fraction of sp³-hybridized carbons (Fsp3) is 0.375. The largest absolute Gasteiger partial charge is 0.311 e. The Morgan fingerprint density at radius 2 is 2.10 bits per heavy atom. The lowest BCUT2D eigenvalue weighted by Gasteiger charge is -2.11. The molecule has 5 heteroatoms. The van der Waals surface area contributed by atoms with Gasteiger partial charge in [0.05, 0.1) is 6.20 Å². The number of aryl methyl sites for hydroxylation is 1. The maximum Gasteiger partial charge on any atom is 0.225 e. The summed E-state index contributed by atoms with van der Waals surface area (Å²) >= 11 is 6.09. The maximum atomic E-state index is 12.0. The maximum absolute atomic E-state index is 12.0. The van der Waals surface area contributed by atoms with Crippen molar-refractivity contribution in [1.82, 2.24) is 9.78 Å². The Morgan fingerprint density at radius 3 is 2.81 bits per heavy atom. The van der Waals surface area contributed by atoms with Gasteiger partial charge in [0.15, 0.2) is 0 Å². The summed E-state index contributed by atoms with van der Waals surface area (Å²) in [5.41, 5.74) is 0.991. The van der Waals surface area contributed by atoms with E-state index in [0.717, 1.165) is 17.9 Å². The monoisotopic (exact) mass is 305 g/mol. The van der Waals surface area contributed by atoms with Gasteiger partial charge in [0.1, 0.15) is 5.82 Å². The van der Waals surface area contributed by atoms with E-state index < -0.39 is 0 Å². The topological polar surface area (TPSA) is 46.9 Å². The molecule has 0 fully saturated rings. The second-order valence-corrected chi connectivity index (χ2v) is 5.84. The van der Waals surface area contributed by atoms with Crippen LogP contribution in [0.3, 0.4) is 0 Å². The Morgan fingerprint density at radius 1 is 1.33 bits per heavy atom. The van der Waals surface area contributed by atoms with Gasteiger partial charge >= 0.3 is 0 Å². The van der Waals surface area contributed by atoms with Crippen molar-refractivity contribution >= 4 is 23.3 Å². The molecule has 0 bridgehead atoms. The Hall–Kier alpha value is -1.81. The normalized spacial score (nSPS) is 10.9. The number of hydrogen-bond acceptors (Lipinski definition) is 2. The molecule has 0 saturated carbocycles. The van der Waals surface area contributed by atoms with E-state index in [2.05, 4.69) is 24.3 Å². The second-order valence-electron chi connectivity index (χ2n) is 5.43. The Balaban J connectivity index is 1.90. The summed E-state index contributed by atoms with van der Waals surface area (Å²) in [6, 6.07) is 9.41. The third kappa shape index (κ3) is 4.60. The molecule has 0 saturated heterocycles. The molecule has 1 aromatic heterocycles. The number of nitrogens with one attached hydrogen (secondary N) is 1. The van der Waals surface area contributed by atoms with Gasteiger partial charge in [-0.05, 0) is 24.0 Å². The lowest BCUT2D eigenvalue weighted by Crippen LogP contribution is -2.17. The van der Waals surface area contributed by atoms with E-state index in [9.17, 15) is 4.79 Å². The molecule has 1 N–H and O–H groups in total. The molecule has 0 spiro atoms. The van der Waals surface area contributed by atoms with Crippen LogP contribution in [0.2, 0.25) is 5.02 Å². The summed E-state index contributed by atoms with van der Waals surface area (Å²) in [5, 5.41) is 7.83. The second kappa shape index (κ2) is 7.27. The summed E-state index contributed by atoms with van der Waals surface area (Å²) in [6.07, 6.45) is 2.73. The lowest BCUT2D eigenvalue weighted by molar-refractivity contribution is -0.116. The molecule has 21 heavy (non-hydrogen) atoms. The number of benzene rings is 1. The van der Waals surface area contributed by atoms with Crippen LogP contribution in [0.1, 0.15) is 25.8 Å². The molecular formula is C16H20ClN3O.